The highest BCUT2D eigenvalue weighted by Crippen LogP contribution is 2.04. The van der Waals surface area contributed by atoms with Crippen molar-refractivity contribution in [3.8, 4) is 0 Å². The zero-order chi connectivity index (χ0) is 4.41. The SMILES string of the molecule is FC1=CCN=N1. The summed E-state index contributed by atoms with van der Waals surface area (Å²) < 4.78 is 11.5. The van der Waals surface area contributed by atoms with Gasteiger partial charge < -0.3 is 0 Å². The van der Waals surface area contributed by atoms with Crippen LogP contribution in [0.3, 0.4) is 0 Å². The summed E-state index contributed by atoms with van der Waals surface area (Å²) in [5.41, 5.74) is 0. The molecule has 3 heteroatoms. The monoisotopic (exact) mass is 86.0 g/mol. The van der Waals surface area contributed by atoms with Crippen LogP contribution >= 0.6 is 0 Å². The lowest BCUT2D eigenvalue weighted by atomic mass is 10.6. The van der Waals surface area contributed by atoms with E-state index in [-0.39, 0.29) is 0 Å². The zero-order valence-electron chi connectivity index (χ0n) is 3.06. The fraction of sp³-hybridized carbons (Fsp3) is 0.333. The molecule has 0 bridgehead atoms. The summed E-state index contributed by atoms with van der Waals surface area (Å²) in [5, 5.41) is 6.38. The van der Waals surface area contributed by atoms with Crippen molar-refractivity contribution in [1.82, 2.24) is 0 Å². The van der Waals surface area contributed by atoms with Crippen LogP contribution in [0.5, 0.6) is 0 Å². The van der Waals surface area contributed by atoms with E-state index in [0.29, 0.717) is 6.54 Å². The van der Waals surface area contributed by atoms with Crippen molar-refractivity contribution in [3.63, 3.8) is 0 Å². The van der Waals surface area contributed by atoms with E-state index in [0.717, 1.165) is 0 Å². The molecule has 1 aliphatic heterocycles. The number of rotatable bonds is 0. The molecular weight excluding hydrogens is 83.0 g/mol. The van der Waals surface area contributed by atoms with Gasteiger partial charge in [0.2, 0.25) is 5.95 Å². The van der Waals surface area contributed by atoms with Gasteiger partial charge >= 0.3 is 0 Å². The lowest BCUT2D eigenvalue weighted by molar-refractivity contribution is 0.624. The van der Waals surface area contributed by atoms with E-state index in [4.69, 9.17) is 0 Å². The first-order chi connectivity index (χ1) is 2.89. The van der Waals surface area contributed by atoms with Crippen molar-refractivity contribution in [1.29, 1.82) is 0 Å². The minimum atomic E-state index is -0.463. The molecule has 0 atom stereocenters. The lowest BCUT2D eigenvalue weighted by Crippen LogP contribution is -1.56. The highest BCUT2D eigenvalue weighted by atomic mass is 19.1. The van der Waals surface area contributed by atoms with Crippen LogP contribution in [0.2, 0.25) is 0 Å². The van der Waals surface area contributed by atoms with Crippen molar-refractivity contribution in [2.45, 2.75) is 0 Å². The molecule has 0 aromatic rings. The lowest BCUT2D eigenvalue weighted by Gasteiger charge is -1.63. The summed E-state index contributed by atoms with van der Waals surface area (Å²) in [5.74, 6) is -0.463. The van der Waals surface area contributed by atoms with Gasteiger partial charge in [0.05, 0.1) is 6.54 Å². The van der Waals surface area contributed by atoms with Gasteiger partial charge in [-0.15, -0.1) is 5.11 Å². The van der Waals surface area contributed by atoms with E-state index in [1.54, 1.807) is 0 Å². The molecule has 0 saturated heterocycles. The van der Waals surface area contributed by atoms with Crippen molar-refractivity contribution in [2.24, 2.45) is 10.2 Å². The van der Waals surface area contributed by atoms with Crippen LogP contribution in [-0.2, 0) is 0 Å². The smallest absolute Gasteiger partial charge is 0.183 e. The average Bonchev–Trinajstić information content (AvgIpc) is 1.86. The molecule has 0 saturated carbocycles. The Bertz CT molecular complexity index is 103. The molecule has 0 amide bonds. The predicted molar refractivity (Wildman–Crippen MR) is 18.9 cm³/mol. The quantitative estimate of drug-likeness (QED) is 0.396. The third-order valence-electron chi connectivity index (χ3n) is 0.508. The minimum absolute atomic E-state index is 0.409. The summed E-state index contributed by atoms with van der Waals surface area (Å²) in [4.78, 5) is 0. The van der Waals surface area contributed by atoms with Gasteiger partial charge in [0.25, 0.3) is 0 Å². The maximum absolute atomic E-state index is 11.5. The molecule has 32 valence electrons. The first kappa shape index (κ1) is 3.46. The fourth-order valence-electron chi connectivity index (χ4n) is 0.265. The third kappa shape index (κ3) is 0.429. The molecule has 1 rings (SSSR count). The van der Waals surface area contributed by atoms with Crippen molar-refractivity contribution in [3.05, 3.63) is 12.0 Å². The van der Waals surface area contributed by atoms with Crippen molar-refractivity contribution < 1.29 is 4.39 Å². The number of halogens is 1. The van der Waals surface area contributed by atoms with E-state index in [1.807, 2.05) is 0 Å². The standard InChI is InChI=1S/C3H3FN2/c4-3-1-2-5-6-3/h1H,2H2. The van der Waals surface area contributed by atoms with Crippen molar-refractivity contribution >= 4 is 0 Å². The summed E-state index contributed by atoms with van der Waals surface area (Å²) in [6.45, 7) is 0.409. The number of hydrogen-bond donors (Lipinski definition) is 0. The first-order valence-electron chi connectivity index (χ1n) is 1.63. The van der Waals surface area contributed by atoms with E-state index in [1.165, 1.54) is 6.08 Å². The number of nitrogens with zero attached hydrogens (tertiary/aromatic N) is 2. The second kappa shape index (κ2) is 1.16. The Morgan fingerprint density at radius 2 is 2.67 bits per heavy atom. The van der Waals surface area contributed by atoms with Gasteiger partial charge in [-0.1, -0.05) is 0 Å². The largest absolute Gasteiger partial charge is 0.230 e. The van der Waals surface area contributed by atoms with Gasteiger partial charge in [0.1, 0.15) is 0 Å². The Morgan fingerprint density at radius 3 is 2.83 bits per heavy atom. The molecule has 0 unspecified atom stereocenters. The number of azo groups is 1. The molecule has 2 nitrogen and oxygen atoms in total. The Balaban J connectivity index is 2.68. The van der Waals surface area contributed by atoms with Crippen LogP contribution < -0.4 is 0 Å². The molecule has 0 fully saturated rings. The Kier molecular flexibility index (Phi) is 0.670. The Hall–Kier alpha value is -0.730. The van der Waals surface area contributed by atoms with Crippen LogP contribution in [0.4, 0.5) is 4.39 Å². The second-order valence-electron chi connectivity index (χ2n) is 0.951. The highest BCUT2D eigenvalue weighted by Gasteiger charge is 1.92. The summed E-state index contributed by atoms with van der Waals surface area (Å²) in [6, 6.07) is 0. The molecule has 0 aliphatic carbocycles. The normalized spacial score (nSPS) is 18.5. The van der Waals surface area contributed by atoms with Gasteiger partial charge in [0, 0.05) is 0 Å². The Labute approximate surface area is 34.4 Å². The molecule has 6 heavy (non-hydrogen) atoms. The van der Waals surface area contributed by atoms with E-state index in [9.17, 15) is 4.39 Å². The molecule has 0 aromatic heterocycles. The van der Waals surface area contributed by atoms with E-state index in [2.05, 4.69) is 10.2 Å². The topological polar surface area (TPSA) is 24.7 Å². The maximum Gasteiger partial charge on any atom is 0.230 e. The molecule has 0 spiro atoms. The van der Waals surface area contributed by atoms with Gasteiger partial charge in [0.15, 0.2) is 0 Å². The Morgan fingerprint density at radius 1 is 1.83 bits per heavy atom. The highest BCUT2D eigenvalue weighted by molar-refractivity contribution is 4.93. The average molecular weight is 86.1 g/mol. The van der Waals surface area contributed by atoms with Gasteiger partial charge in [-0.2, -0.15) is 9.50 Å². The second-order valence-corrected chi connectivity index (χ2v) is 0.951. The molecule has 1 heterocycles. The third-order valence-corrected chi connectivity index (χ3v) is 0.508. The van der Waals surface area contributed by atoms with Gasteiger partial charge in [-0.05, 0) is 6.08 Å². The van der Waals surface area contributed by atoms with Crippen LogP contribution in [0, 0.1) is 0 Å². The van der Waals surface area contributed by atoms with Gasteiger partial charge in [-0.3, -0.25) is 0 Å². The summed E-state index contributed by atoms with van der Waals surface area (Å²) in [7, 11) is 0. The van der Waals surface area contributed by atoms with Gasteiger partial charge in [-0.25, -0.2) is 0 Å². The first-order valence-corrected chi connectivity index (χ1v) is 1.63. The van der Waals surface area contributed by atoms with Crippen molar-refractivity contribution in [2.75, 3.05) is 6.54 Å². The van der Waals surface area contributed by atoms with E-state index < -0.39 is 5.95 Å². The van der Waals surface area contributed by atoms with Crippen LogP contribution in [-0.4, -0.2) is 6.54 Å². The number of hydrogen-bond acceptors (Lipinski definition) is 2. The summed E-state index contributed by atoms with van der Waals surface area (Å²) in [6.07, 6.45) is 1.32. The summed E-state index contributed by atoms with van der Waals surface area (Å²) >= 11 is 0. The predicted octanol–water partition coefficient (Wildman–Crippen LogP) is 1.26. The molecule has 1 aliphatic rings. The minimum Gasteiger partial charge on any atom is -0.183 e. The molecular formula is C3H3FN2. The molecule has 0 aromatic carbocycles. The van der Waals surface area contributed by atoms with Crippen LogP contribution in [0.1, 0.15) is 0 Å². The maximum atomic E-state index is 11.5. The van der Waals surface area contributed by atoms with Crippen LogP contribution in [0.25, 0.3) is 0 Å². The van der Waals surface area contributed by atoms with E-state index >= 15 is 0 Å². The zero-order valence-corrected chi connectivity index (χ0v) is 3.06. The molecule has 0 N–H and O–H groups in total. The molecule has 0 radical (unpaired) electrons. The van der Waals surface area contributed by atoms with Crippen LogP contribution in [0.15, 0.2) is 22.3 Å². The fourth-order valence-corrected chi connectivity index (χ4v) is 0.265.